The van der Waals surface area contributed by atoms with Gasteiger partial charge < -0.3 is 24.9 Å². The second kappa shape index (κ2) is 14.4. The van der Waals surface area contributed by atoms with Gasteiger partial charge in [-0.2, -0.15) is 0 Å². The van der Waals surface area contributed by atoms with Crippen LogP contribution in [0.15, 0.2) is 23.8 Å². The normalized spacial score (nSPS) is 31.8. The first-order valence-corrected chi connectivity index (χ1v) is 14.8. The van der Waals surface area contributed by atoms with E-state index in [0.29, 0.717) is 12.8 Å². The minimum Gasteiger partial charge on any atom is -0.478 e. The van der Waals surface area contributed by atoms with Gasteiger partial charge in [0.25, 0.3) is 0 Å². The van der Waals surface area contributed by atoms with Crippen molar-refractivity contribution in [3.05, 3.63) is 23.8 Å². The smallest absolute Gasteiger partial charge is 0.331 e. The lowest BCUT2D eigenvalue weighted by Crippen LogP contribution is -2.45. The predicted molar refractivity (Wildman–Crippen MR) is 145 cm³/mol. The number of ether oxygens (including phenoxy) is 1. The van der Waals surface area contributed by atoms with Gasteiger partial charge >= 0.3 is 11.9 Å². The molecule has 0 amide bonds. The highest BCUT2D eigenvalue weighted by Crippen LogP contribution is 2.71. The summed E-state index contributed by atoms with van der Waals surface area (Å²) in [4.78, 5) is 37.0. The number of hydrogen-bond acceptors (Lipinski definition) is 6. The van der Waals surface area contributed by atoms with E-state index >= 15 is 0 Å². The number of rotatable bonds is 18. The van der Waals surface area contributed by atoms with E-state index in [-0.39, 0.29) is 48.9 Å². The Morgan fingerprint density at radius 3 is 2.21 bits per heavy atom. The molecule has 3 aliphatic rings. The fourth-order valence-electron chi connectivity index (χ4n) is 7.64. The average Bonchev–Trinajstić information content (AvgIpc) is 3.37. The quantitative estimate of drug-likeness (QED) is 0.0937. The molecule has 1 spiro atoms. The van der Waals surface area contributed by atoms with Crippen molar-refractivity contribution in [3.63, 3.8) is 0 Å². The van der Waals surface area contributed by atoms with Crippen molar-refractivity contribution in [3.8, 4) is 0 Å². The number of esters is 1. The number of carbonyl (C=O) groups excluding carboxylic acids is 2. The maximum absolute atomic E-state index is 12.8. The number of allylic oxidation sites excluding steroid dienone is 2. The highest BCUT2D eigenvalue weighted by Gasteiger charge is 2.71. The Labute approximate surface area is 227 Å². The molecule has 0 unspecified atom stereocenters. The SMILES string of the molecule is C[C@@]1(CO)[C@H]2C[C@@]3([C@@H](OC(=O)CCCCCCC/C=C\CCCCCCO)C=C2C(=O)O)[C@@H](C=O)CC[C@@H]13. The molecule has 0 aromatic rings. The van der Waals surface area contributed by atoms with Gasteiger partial charge in [0.05, 0.1) is 0 Å². The van der Waals surface area contributed by atoms with Crippen LogP contribution in [-0.2, 0) is 19.1 Å². The monoisotopic (exact) mass is 532 g/mol. The highest BCUT2D eigenvalue weighted by atomic mass is 16.5. The molecule has 0 radical (unpaired) electrons. The van der Waals surface area contributed by atoms with Crippen LogP contribution in [0.4, 0.5) is 0 Å². The maximum atomic E-state index is 12.8. The zero-order chi connectivity index (χ0) is 27.6. The number of aliphatic hydroxyl groups is 2. The molecule has 6 atom stereocenters. The lowest BCUT2D eigenvalue weighted by atomic mass is 9.66. The van der Waals surface area contributed by atoms with Crippen LogP contribution in [0, 0.1) is 28.6 Å². The Balaban J connectivity index is 1.43. The first-order valence-electron chi connectivity index (χ1n) is 14.8. The van der Waals surface area contributed by atoms with Crippen LogP contribution in [0.3, 0.4) is 0 Å². The zero-order valence-electron chi connectivity index (χ0n) is 23.1. The van der Waals surface area contributed by atoms with Crippen molar-refractivity contribution in [1.82, 2.24) is 0 Å². The number of carboxylic acid groups (broad SMARTS) is 1. The molecule has 2 bridgehead atoms. The lowest BCUT2D eigenvalue weighted by molar-refractivity contribution is -0.158. The lowest BCUT2D eigenvalue weighted by Gasteiger charge is -2.42. The molecule has 2 saturated carbocycles. The molecule has 0 aromatic carbocycles. The van der Waals surface area contributed by atoms with Crippen molar-refractivity contribution in [2.24, 2.45) is 28.6 Å². The maximum Gasteiger partial charge on any atom is 0.331 e. The Bertz CT molecular complexity index is 864. The van der Waals surface area contributed by atoms with Crippen LogP contribution in [0.2, 0.25) is 0 Å². The molecule has 3 aliphatic carbocycles. The molecule has 2 fully saturated rings. The molecule has 0 aliphatic heterocycles. The summed E-state index contributed by atoms with van der Waals surface area (Å²) >= 11 is 0. The van der Waals surface area contributed by atoms with Gasteiger partial charge in [0.2, 0.25) is 0 Å². The molecular weight excluding hydrogens is 484 g/mol. The van der Waals surface area contributed by atoms with Gasteiger partial charge in [0, 0.05) is 42.0 Å². The minimum absolute atomic E-state index is 0.0635. The van der Waals surface area contributed by atoms with Gasteiger partial charge in [-0.15, -0.1) is 0 Å². The fraction of sp³-hybridized carbons (Fsp3) is 0.774. The van der Waals surface area contributed by atoms with E-state index in [1.165, 1.54) is 12.8 Å². The molecule has 38 heavy (non-hydrogen) atoms. The van der Waals surface area contributed by atoms with Crippen LogP contribution in [0.1, 0.15) is 103 Å². The summed E-state index contributed by atoms with van der Waals surface area (Å²) in [7, 11) is 0. The number of fused-ring (bicyclic) bond motifs is 1. The van der Waals surface area contributed by atoms with E-state index in [1.54, 1.807) is 6.08 Å². The van der Waals surface area contributed by atoms with Crippen molar-refractivity contribution in [2.45, 2.75) is 109 Å². The summed E-state index contributed by atoms with van der Waals surface area (Å²) < 4.78 is 5.95. The van der Waals surface area contributed by atoms with Crippen molar-refractivity contribution in [2.75, 3.05) is 13.2 Å². The molecule has 3 N–H and O–H groups in total. The fourth-order valence-corrected chi connectivity index (χ4v) is 7.64. The second-order valence-electron chi connectivity index (χ2n) is 11.9. The largest absolute Gasteiger partial charge is 0.478 e. The van der Waals surface area contributed by atoms with Gasteiger partial charge in [0.1, 0.15) is 12.4 Å². The molecule has 3 rings (SSSR count). The average molecular weight is 533 g/mol. The van der Waals surface area contributed by atoms with E-state index < -0.39 is 22.9 Å². The standard InChI is InChI=1S/C31H48O7/c1-30(22-34)25-20-31(23(21-33)16-17-26(30)31)27(19-24(25)29(36)37)38-28(35)15-13-11-9-7-5-3-2-4-6-8-10-12-14-18-32/h2,4,19,21,23,25-27,32,34H,3,5-18,20,22H2,1H3,(H,36,37)/b4-2-/t23-,25+,26+,27+,30-,31-/m1/s1. The third-order valence-electron chi connectivity index (χ3n) is 9.70. The molecular formula is C31H48O7. The van der Waals surface area contributed by atoms with E-state index in [9.17, 15) is 24.6 Å². The Hall–Kier alpha value is -1.99. The highest BCUT2D eigenvalue weighted by molar-refractivity contribution is 5.88. The van der Waals surface area contributed by atoms with Gasteiger partial charge in [-0.1, -0.05) is 51.2 Å². The number of carbonyl (C=O) groups is 3. The predicted octanol–water partition coefficient (Wildman–Crippen LogP) is 5.38. The summed E-state index contributed by atoms with van der Waals surface area (Å²) in [6, 6.07) is 0. The first kappa shape index (κ1) is 30.6. The number of aliphatic carboxylic acids is 1. The molecule has 7 heteroatoms. The third-order valence-corrected chi connectivity index (χ3v) is 9.70. The third kappa shape index (κ3) is 6.59. The van der Waals surface area contributed by atoms with Gasteiger partial charge in [-0.3, -0.25) is 4.79 Å². The van der Waals surface area contributed by atoms with Crippen molar-refractivity contribution >= 4 is 18.2 Å². The summed E-state index contributed by atoms with van der Waals surface area (Å²) in [5.74, 6) is -2.08. The molecule has 7 nitrogen and oxygen atoms in total. The minimum atomic E-state index is -1.04. The number of hydrogen-bond donors (Lipinski definition) is 3. The zero-order valence-corrected chi connectivity index (χ0v) is 23.1. The topological polar surface area (TPSA) is 121 Å². The number of aliphatic hydroxyl groups excluding tert-OH is 2. The Morgan fingerprint density at radius 2 is 1.61 bits per heavy atom. The van der Waals surface area contributed by atoms with Crippen LogP contribution in [0.25, 0.3) is 0 Å². The van der Waals surface area contributed by atoms with Gasteiger partial charge in [-0.25, -0.2) is 4.79 Å². The van der Waals surface area contributed by atoms with E-state index in [1.807, 2.05) is 6.92 Å². The van der Waals surface area contributed by atoms with Gasteiger partial charge in [-0.05, 0) is 75.7 Å². The number of aldehydes is 1. The Morgan fingerprint density at radius 1 is 0.974 bits per heavy atom. The molecule has 0 aromatic heterocycles. The summed E-state index contributed by atoms with van der Waals surface area (Å²) in [6.45, 7) is 2.06. The summed E-state index contributed by atoms with van der Waals surface area (Å²) in [5, 5.41) is 29.0. The number of carboxylic acids is 1. The van der Waals surface area contributed by atoms with Crippen molar-refractivity contribution < 1.29 is 34.4 Å². The molecule has 0 saturated heterocycles. The van der Waals surface area contributed by atoms with E-state index in [4.69, 9.17) is 9.84 Å². The van der Waals surface area contributed by atoms with Crippen LogP contribution < -0.4 is 0 Å². The van der Waals surface area contributed by atoms with E-state index in [2.05, 4.69) is 12.2 Å². The summed E-state index contributed by atoms with van der Waals surface area (Å²) in [6.07, 6.45) is 20.0. The van der Waals surface area contributed by atoms with Crippen LogP contribution in [0.5, 0.6) is 0 Å². The first-order chi connectivity index (χ1) is 18.3. The Kier molecular flexibility index (Phi) is 11.6. The van der Waals surface area contributed by atoms with E-state index in [0.717, 1.165) is 70.5 Å². The van der Waals surface area contributed by atoms with Crippen LogP contribution in [-0.4, -0.2) is 52.9 Å². The van der Waals surface area contributed by atoms with Crippen molar-refractivity contribution in [1.29, 1.82) is 0 Å². The number of unbranched alkanes of at least 4 members (excludes halogenated alkanes) is 9. The van der Waals surface area contributed by atoms with Gasteiger partial charge in [0.15, 0.2) is 0 Å². The second-order valence-corrected chi connectivity index (χ2v) is 11.9. The summed E-state index contributed by atoms with van der Waals surface area (Å²) in [5.41, 5.74) is -1.05. The molecule has 0 heterocycles. The molecule has 214 valence electrons. The van der Waals surface area contributed by atoms with Crippen LogP contribution >= 0.6 is 0 Å².